The van der Waals surface area contributed by atoms with Gasteiger partial charge in [0.2, 0.25) is 0 Å². The van der Waals surface area contributed by atoms with E-state index in [4.69, 9.17) is 14.2 Å². The Kier molecular flexibility index (Phi) is 58.7. The highest BCUT2D eigenvalue weighted by molar-refractivity contribution is 5.71. The van der Waals surface area contributed by atoms with E-state index < -0.39 is 6.10 Å². The summed E-state index contributed by atoms with van der Waals surface area (Å²) < 4.78 is 16.9. The van der Waals surface area contributed by atoms with Crippen LogP contribution in [-0.4, -0.2) is 37.2 Å². The molecule has 0 heterocycles. The van der Waals surface area contributed by atoms with E-state index in [0.29, 0.717) is 19.3 Å². The number of ether oxygens (including phenoxy) is 3. The van der Waals surface area contributed by atoms with Crippen LogP contribution in [0.25, 0.3) is 0 Å². The summed E-state index contributed by atoms with van der Waals surface area (Å²) in [4.78, 5) is 38.3. The van der Waals surface area contributed by atoms with E-state index in [1.54, 1.807) is 0 Å². The average Bonchev–Trinajstić information content (AvgIpc) is 3.38. The molecule has 6 heteroatoms. The van der Waals surface area contributed by atoms with E-state index in [1.807, 2.05) is 0 Å². The third kappa shape index (κ3) is 58.3. The van der Waals surface area contributed by atoms with Gasteiger partial charge in [0.15, 0.2) is 6.10 Å². The summed E-state index contributed by atoms with van der Waals surface area (Å²) in [5.41, 5.74) is 0. The van der Waals surface area contributed by atoms with Crippen molar-refractivity contribution in [2.24, 2.45) is 0 Å². The molecule has 0 amide bonds. The van der Waals surface area contributed by atoms with Crippen LogP contribution in [0.3, 0.4) is 0 Å². The normalized spacial score (nSPS) is 12.3. The van der Waals surface area contributed by atoms with Crippen LogP contribution in [0.5, 0.6) is 0 Å². The highest BCUT2D eigenvalue weighted by atomic mass is 16.6. The van der Waals surface area contributed by atoms with Crippen molar-refractivity contribution in [2.45, 2.75) is 341 Å². The van der Waals surface area contributed by atoms with E-state index in [9.17, 15) is 14.4 Å². The zero-order valence-electron chi connectivity index (χ0n) is 48.2. The molecule has 0 radical (unpaired) electrons. The van der Waals surface area contributed by atoms with Crippen molar-refractivity contribution in [1.82, 2.24) is 0 Å². The molecular formula is C66H120O6. The van der Waals surface area contributed by atoms with Gasteiger partial charge in [0, 0.05) is 19.3 Å². The van der Waals surface area contributed by atoms with Gasteiger partial charge in [-0.05, 0) is 64.2 Å². The number of carbonyl (C=O) groups excluding carboxylic acids is 3. The molecule has 0 saturated carbocycles. The molecule has 420 valence electrons. The lowest BCUT2D eigenvalue weighted by atomic mass is 10.0. The Balaban J connectivity index is 4.39. The minimum absolute atomic E-state index is 0.0784. The first-order valence-electron chi connectivity index (χ1n) is 31.6. The summed E-state index contributed by atoms with van der Waals surface area (Å²) >= 11 is 0. The van der Waals surface area contributed by atoms with Gasteiger partial charge in [0.1, 0.15) is 13.2 Å². The molecule has 1 atom stereocenters. The molecule has 0 unspecified atom stereocenters. The zero-order valence-corrected chi connectivity index (χ0v) is 48.2. The van der Waals surface area contributed by atoms with E-state index >= 15 is 0 Å². The smallest absolute Gasteiger partial charge is 0.306 e. The highest BCUT2D eigenvalue weighted by Gasteiger charge is 2.19. The average molecular weight is 1010 g/mol. The highest BCUT2D eigenvalue weighted by Crippen LogP contribution is 2.17. The van der Waals surface area contributed by atoms with Crippen LogP contribution >= 0.6 is 0 Å². The second-order valence-electron chi connectivity index (χ2n) is 21.3. The van der Waals surface area contributed by atoms with Crippen LogP contribution < -0.4 is 0 Å². The van der Waals surface area contributed by atoms with Crippen LogP contribution in [0.15, 0.2) is 48.6 Å². The maximum absolute atomic E-state index is 12.9. The fourth-order valence-electron chi connectivity index (χ4n) is 9.31. The van der Waals surface area contributed by atoms with Crippen molar-refractivity contribution in [3.05, 3.63) is 48.6 Å². The van der Waals surface area contributed by atoms with E-state index in [-0.39, 0.29) is 31.1 Å². The summed E-state index contributed by atoms with van der Waals surface area (Å²) in [6.45, 7) is 6.64. The quantitative estimate of drug-likeness (QED) is 0.0261. The Morgan fingerprint density at radius 3 is 0.806 bits per heavy atom. The largest absolute Gasteiger partial charge is 0.462 e. The Bertz CT molecular complexity index is 1250. The first-order chi connectivity index (χ1) is 35.5. The lowest BCUT2D eigenvalue weighted by Gasteiger charge is -2.18. The number of rotatable bonds is 58. The number of carbonyl (C=O) groups is 3. The van der Waals surface area contributed by atoms with Gasteiger partial charge in [-0.3, -0.25) is 14.4 Å². The van der Waals surface area contributed by atoms with Crippen molar-refractivity contribution < 1.29 is 28.6 Å². The van der Waals surface area contributed by atoms with Crippen molar-refractivity contribution in [1.29, 1.82) is 0 Å². The SMILES string of the molecule is CCCCC/C=C/C/C=C/C/C=C/C/C=C/CCCCCC(=O)OC[C@@H](COC(=O)CCCCCCCCCCCCCCCCCC)OC(=O)CCCCCCCCCCCCCCCCCCCCC. The predicted octanol–water partition coefficient (Wildman–Crippen LogP) is 21.4. The monoisotopic (exact) mass is 1010 g/mol. The number of esters is 3. The molecule has 0 aromatic rings. The molecule has 0 rings (SSSR count). The van der Waals surface area contributed by atoms with Crippen molar-refractivity contribution in [3.63, 3.8) is 0 Å². The first kappa shape index (κ1) is 69.4. The van der Waals surface area contributed by atoms with Gasteiger partial charge >= 0.3 is 17.9 Å². The molecule has 6 nitrogen and oxygen atoms in total. The van der Waals surface area contributed by atoms with E-state index in [2.05, 4.69) is 69.4 Å². The van der Waals surface area contributed by atoms with Gasteiger partial charge in [0.25, 0.3) is 0 Å². The number of hydrogen-bond acceptors (Lipinski definition) is 6. The molecule has 72 heavy (non-hydrogen) atoms. The Labute approximate surface area is 448 Å². The van der Waals surface area contributed by atoms with E-state index in [1.165, 1.54) is 212 Å². The van der Waals surface area contributed by atoms with Gasteiger partial charge in [-0.15, -0.1) is 0 Å². The topological polar surface area (TPSA) is 78.9 Å². The van der Waals surface area contributed by atoms with Crippen molar-refractivity contribution >= 4 is 17.9 Å². The molecule has 0 fully saturated rings. The fraction of sp³-hybridized carbons (Fsp3) is 0.833. The minimum atomic E-state index is -0.783. The molecule has 0 aliphatic heterocycles. The molecule has 0 aromatic carbocycles. The number of unbranched alkanes of at least 4 members (excludes halogenated alkanes) is 39. The maximum atomic E-state index is 12.9. The van der Waals surface area contributed by atoms with E-state index in [0.717, 1.165) is 83.5 Å². The summed E-state index contributed by atoms with van der Waals surface area (Å²) in [5, 5.41) is 0. The summed E-state index contributed by atoms with van der Waals surface area (Å²) in [6, 6.07) is 0. The second-order valence-corrected chi connectivity index (χ2v) is 21.3. The molecule has 0 bridgehead atoms. The molecular weight excluding hydrogens is 889 g/mol. The third-order valence-corrected chi connectivity index (χ3v) is 14.1. The lowest BCUT2D eigenvalue weighted by Crippen LogP contribution is -2.30. The van der Waals surface area contributed by atoms with Crippen LogP contribution in [0.1, 0.15) is 335 Å². The molecule has 0 aliphatic rings. The molecule has 0 N–H and O–H groups in total. The summed E-state index contributed by atoms with van der Waals surface area (Å²) in [5.74, 6) is -0.887. The van der Waals surface area contributed by atoms with Crippen LogP contribution in [-0.2, 0) is 28.6 Å². The maximum Gasteiger partial charge on any atom is 0.306 e. The van der Waals surface area contributed by atoms with Crippen molar-refractivity contribution in [2.75, 3.05) is 13.2 Å². The number of allylic oxidation sites excluding steroid dienone is 8. The molecule has 0 saturated heterocycles. The summed E-state index contributed by atoms with van der Waals surface area (Å²) in [6.07, 6.45) is 75.4. The molecule has 0 aromatic heterocycles. The Hall–Kier alpha value is -2.63. The fourth-order valence-corrected chi connectivity index (χ4v) is 9.31. The lowest BCUT2D eigenvalue weighted by molar-refractivity contribution is -0.167. The Morgan fingerprint density at radius 1 is 0.278 bits per heavy atom. The number of hydrogen-bond donors (Lipinski definition) is 0. The van der Waals surface area contributed by atoms with Gasteiger partial charge in [-0.2, -0.15) is 0 Å². The molecule has 0 spiro atoms. The predicted molar refractivity (Wildman–Crippen MR) is 312 cm³/mol. The summed E-state index contributed by atoms with van der Waals surface area (Å²) in [7, 11) is 0. The standard InChI is InChI=1S/C66H120O6/c1-4-7-10-13-16-19-22-25-28-31-33-35-38-41-44-47-50-53-56-59-65(68)71-62-63(61-70-64(67)58-55-52-49-46-43-40-37-30-27-24-21-18-15-12-9-6-3)72-66(69)60-57-54-51-48-45-42-39-36-34-32-29-26-23-20-17-14-11-8-5-2/h16,19,25,28,33,35,41,44,63H,4-15,17-18,20-24,26-27,29-32,34,36-40,42-43,45-62H2,1-3H3/b19-16+,28-25+,35-33+,44-41+/t63-/m1/s1. The van der Waals surface area contributed by atoms with Crippen LogP contribution in [0.2, 0.25) is 0 Å². The Morgan fingerprint density at radius 2 is 0.500 bits per heavy atom. The van der Waals surface area contributed by atoms with Gasteiger partial charge in [-0.25, -0.2) is 0 Å². The third-order valence-electron chi connectivity index (χ3n) is 14.1. The van der Waals surface area contributed by atoms with Gasteiger partial charge in [-0.1, -0.05) is 301 Å². The van der Waals surface area contributed by atoms with Crippen LogP contribution in [0.4, 0.5) is 0 Å². The van der Waals surface area contributed by atoms with Crippen molar-refractivity contribution in [3.8, 4) is 0 Å². The van der Waals surface area contributed by atoms with Gasteiger partial charge < -0.3 is 14.2 Å². The minimum Gasteiger partial charge on any atom is -0.462 e. The van der Waals surface area contributed by atoms with Gasteiger partial charge in [0.05, 0.1) is 0 Å². The molecule has 0 aliphatic carbocycles. The second kappa shape index (κ2) is 60.9. The zero-order chi connectivity index (χ0) is 52.2. The van der Waals surface area contributed by atoms with Crippen LogP contribution in [0, 0.1) is 0 Å². The first-order valence-corrected chi connectivity index (χ1v) is 31.6.